The first-order valence-corrected chi connectivity index (χ1v) is 11.9. The molecular weight excluding hydrogens is 428 g/mol. The van der Waals surface area contributed by atoms with Crippen molar-refractivity contribution < 1.29 is 17.9 Å². The summed E-state index contributed by atoms with van der Waals surface area (Å²) in [5, 5.41) is 4.46. The van der Waals surface area contributed by atoms with Gasteiger partial charge in [0.2, 0.25) is 0 Å². The lowest BCUT2D eigenvalue weighted by atomic mass is 9.97. The van der Waals surface area contributed by atoms with E-state index in [1.54, 1.807) is 28.9 Å². The van der Waals surface area contributed by atoms with Crippen molar-refractivity contribution in [1.29, 1.82) is 0 Å². The van der Waals surface area contributed by atoms with Crippen molar-refractivity contribution in [2.45, 2.75) is 24.3 Å². The first kappa shape index (κ1) is 20.4. The van der Waals surface area contributed by atoms with Gasteiger partial charge in [0, 0.05) is 24.8 Å². The van der Waals surface area contributed by atoms with E-state index in [-0.39, 0.29) is 23.4 Å². The number of amidine groups is 1. The van der Waals surface area contributed by atoms with Crippen LogP contribution in [0.5, 0.6) is 0 Å². The highest BCUT2D eigenvalue weighted by Gasteiger charge is 2.35. The second-order valence-electron chi connectivity index (χ2n) is 7.87. The van der Waals surface area contributed by atoms with Crippen molar-refractivity contribution in [3.8, 4) is 5.69 Å². The molecule has 1 unspecified atom stereocenters. The number of hydrogen-bond acceptors (Lipinski definition) is 6. The van der Waals surface area contributed by atoms with Crippen LogP contribution in [0.25, 0.3) is 5.69 Å². The van der Waals surface area contributed by atoms with E-state index in [9.17, 15) is 13.2 Å². The van der Waals surface area contributed by atoms with Crippen LogP contribution in [0.4, 0.5) is 0 Å². The summed E-state index contributed by atoms with van der Waals surface area (Å²) in [7, 11) is -3.69. The number of esters is 1. The molecule has 1 saturated heterocycles. The number of rotatable bonds is 4. The van der Waals surface area contributed by atoms with E-state index in [0.717, 1.165) is 12.1 Å². The van der Waals surface area contributed by atoms with Crippen LogP contribution in [0.2, 0.25) is 0 Å². The Morgan fingerprint density at radius 1 is 1.06 bits per heavy atom. The van der Waals surface area contributed by atoms with Crippen LogP contribution < -0.4 is 0 Å². The van der Waals surface area contributed by atoms with Gasteiger partial charge in [-0.2, -0.15) is 13.5 Å². The number of carbonyl (C=O) groups is 1. The van der Waals surface area contributed by atoms with E-state index in [2.05, 4.69) is 9.50 Å². The van der Waals surface area contributed by atoms with Gasteiger partial charge in [0.1, 0.15) is 17.2 Å². The van der Waals surface area contributed by atoms with Gasteiger partial charge in [-0.3, -0.25) is 4.79 Å². The molecule has 164 valence electrons. The molecule has 0 radical (unpaired) electrons. The molecule has 0 saturated carbocycles. The highest BCUT2D eigenvalue weighted by atomic mass is 32.2. The second-order valence-corrected chi connectivity index (χ2v) is 9.44. The van der Waals surface area contributed by atoms with Gasteiger partial charge in [-0.25, -0.2) is 4.68 Å². The fourth-order valence-corrected chi connectivity index (χ4v) is 5.33. The number of benzene rings is 2. The molecule has 9 heteroatoms. The lowest BCUT2D eigenvalue weighted by molar-refractivity contribution is -0.151. The number of hydrogen-bond donors (Lipinski definition) is 0. The average molecular weight is 451 g/mol. The monoisotopic (exact) mass is 450 g/mol. The van der Waals surface area contributed by atoms with Gasteiger partial charge < -0.3 is 9.64 Å². The maximum absolute atomic E-state index is 12.7. The van der Waals surface area contributed by atoms with Crippen LogP contribution in [-0.2, 0) is 26.2 Å². The molecule has 1 atom stereocenters. The van der Waals surface area contributed by atoms with E-state index in [1.807, 2.05) is 47.5 Å². The molecule has 2 aromatic carbocycles. The van der Waals surface area contributed by atoms with E-state index in [4.69, 9.17) is 4.74 Å². The summed E-state index contributed by atoms with van der Waals surface area (Å²) in [6, 6.07) is 18.3. The smallest absolute Gasteiger partial charge is 0.311 e. The molecule has 0 aliphatic carbocycles. The lowest BCUT2D eigenvalue weighted by Crippen LogP contribution is -2.42. The SMILES string of the molecule is O=C(OCc1ccn(-c2ccccc2)n1)C1CCCN(C2=NS(=O)(=O)c3ccccc32)C1. The third kappa shape index (κ3) is 3.91. The summed E-state index contributed by atoms with van der Waals surface area (Å²) >= 11 is 0. The lowest BCUT2D eigenvalue weighted by Gasteiger charge is -2.32. The molecule has 0 amide bonds. The Labute approximate surface area is 186 Å². The highest BCUT2D eigenvalue weighted by molar-refractivity contribution is 7.90. The van der Waals surface area contributed by atoms with Crippen molar-refractivity contribution in [2.24, 2.45) is 10.3 Å². The fraction of sp³-hybridized carbons (Fsp3) is 0.261. The van der Waals surface area contributed by atoms with Gasteiger partial charge >= 0.3 is 5.97 Å². The maximum atomic E-state index is 12.7. The molecule has 0 bridgehead atoms. The van der Waals surface area contributed by atoms with E-state index >= 15 is 0 Å². The van der Waals surface area contributed by atoms with Crippen LogP contribution in [0.1, 0.15) is 24.1 Å². The number of aromatic nitrogens is 2. The summed E-state index contributed by atoms with van der Waals surface area (Å²) < 4.78 is 36.0. The Bertz CT molecular complexity index is 1280. The Morgan fingerprint density at radius 2 is 1.84 bits per heavy atom. The van der Waals surface area contributed by atoms with Crippen molar-refractivity contribution in [2.75, 3.05) is 13.1 Å². The Kier molecular flexibility index (Phi) is 5.26. The Morgan fingerprint density at radius 3 is 2.69 bits per heavy atom. The van der Waals surface area contributed by atoms with Gasteiger partial charge in [0.15, 0.2) is 5.84 Å². The van der Waals surface area contributed by atoms with Gasteiger partial charge in [-0.15, -0.1) is 4.40 Å². The maximum Gasteiger partial charge on any atom is 0.311 e. The summed E-state index contributed by atoms with van der Waals surface area (Å²) in [6.45, 7) is 1.11. The van der Waals surface area contributed by atoms with Crippen LogP contribution >= 0.6 is 0 Å². The molecule has 8 nitrogen and oxygen atoms in total. The van der Waals surface area contributed by atoms with Crippen molar-refractivity contribution in [3.05, 3.63) is 78.1 Å². The summed E-state index contributed by atoms with van der Waals surface area (Å²) in [5.74, 6) is -0.239. The second kappa shape index (κ2) is 8.23. The number of sulfonamides is 1. The first-order valence-electron chi connectivity index (χ1n) is 10.5. The average Bonchev–Trinajstić information content (AvgIpc) is 3.41. The topological polar surface area (TPSA) is 93.9 Å². The molecule has 2 aliphatic rings. The van der Waals surface area contributed by atoms with E-state index in [1.165, 1.54) is 0 Å². The number of para-hydroxylation sites is 1. The zero-order valence-electron chi connectivity index (χ0n) is 17.3. The molecule has 1 aromatic heterocycles. The Balaban J connectivity index is 1.24. The van der Waals surface area contributed by atoms with Crippen LogP contribution in [0, 0.1) is 5.92 Å². The summed E-state index contributed by atoms with van der Waals surface area (Å²) in [4.78, 5) is 14.8. The fourth-order valence-electron chi connectivity index (χ4n) is 4.10. The largest absolute Gasteiger partial charge is 0.459 e. The van der Waals surface area contributed by atoms with Gasteiger partial charge in [0.25, 0.3) is 10.0 Å². The quantitative estimate of drug-likeness (QED) is 0.568. The predicted molar refractivity (Wildman–Crippen MR) is 118 cm³/mol. The molecule has 1 fully saturated rings. The minimum Gasteiger partial charge on any atom is -0.459 e. The molecule has 0 N–H and O–H groups in total. The number of ether oxygens (including phenoxy) is 1. The third-order valence-corrected chi connectivity index (χ3v) is 7.02. The van der Waals surface area contributed by atoms with Crippen molar-refractivity contribution in [1.82, 2.24) is 14.7 Å². The van der Waals surface area contributed by atoms with Crippen molar-refractivity contribution in [3.63, 3.8) is 0 Å². The van der Waals surface area contributed by atoms with Crippen LogP contribution in [0.15, 0.2) is 76.2 Å². The standard InChI is InChI=1S/C23H22N4O4S/c28-23(31-16-18-12-14-27(24-18)19-8-2-1-3-9-19)17-7-6-13-26(15-17)22-20-10-4-5-11-21(20)32(29,30)25-22/h1-5,8-12,14,17H,6-7,13,15-16H2. The number of carbonyl (C=O) groups excluding carboxylic acids is 1. The van der Waals surface area contributed by atoms with Gasteiger partial charge in [-0.1, -0.05) is 30.3 Å². The molecule has 0 spiro atoms. The van der Waals surface area contributed by atoms with Crippen molar-refractivity contribution >= 4 is 21.8 Å². The van der Waals surface area contributed by atoms with E-state index < -0.39 is 10.0 Å². The Hall–Kier alpha value is -3.46. The zero-order valence-corrected chi connectivity index (χ0v) is 18.1. The van der Waals surface area contributed by atoms with Gasteiger partial charge in [-0.05, 0) is 43.2 Å². The zero-order chi connectivity index (χ0) is 22.1. The normalized spacial score (nSPS) is 19.3. The number of fused-ring (bicyclic) bond motifs is 1. The van der Waals surface area contributed by atoms with Gasteiger partial charge in [0.05, 0.1) is 11.6 Å². The first-order chi connectivity index (χ1) is 15.5. The molecule has 3 aromatic rings. The molecule has 32 heavy (non-hydrogen) atoms. The molecular formula is C23H22N4O4S. The molecule has 2 aliphatic heterocycles. The summed E-state index contributed by atoms with van der Waals surface area (Å²) in [5.41, 5.74) is 2.18. The minimum absolute atomic E-state index is 0.0906. The number of nitrogens with zero attached hydrogens (tertiary/aromatic N) is 4. The predicted octanol–water partition coefficient (Wildman–Crippen LogP) is 2.78. The number of piperidine rings is 1. The number of likely N-dealkylation sites (tertiary alicyclic amines) is 1. The minimum atomic E-state index is -3.69. The summed E-state index contributed by atoms with van der Waals surface area (Å²) in [6.07, 6.45) is 3.27. The molecule has 3 heterocycles. The molecule has 5 rings (SSSR count). The van der Waals surface area contributed by atoms with Crippen LogP contribution in [0.3, 0.4) is 0 Å². The highest BCUT2D eigenvalue weighted by Crippen LogP contribution is 2.30. The van der Waals surface area contributed by atoms with E-state index in [0.29, 0.717) is 36.6 Å². The van der Waals surface area contributed by atoms with Crippen LogP contribution in [-0.4, -0.2) is 48.0 Å². The third-order valence-electron chi connectivity index (χ3n) is 5.69.